The van der Waals surface area contributed by atoms with E-state index in [0.29, 0.717) is 31.1 Å². The SMILES string of the molecule is COc1ccc(C(=O)N2CC3CC(C2)c2cccc(=O)n2C3)cc1. The highest BCUT2D eigenvalue weighted by molar-refractivity contribution is 5.94. The number of pyridine rings is 1. The highest BCUT2D eigenvalue weighted by Gasteiger charge is 2.36. The fourth-order valence-corrected chi connectivity index (χ4v) is 3.98. The van der Waals surface area contributed by atoms with Crippen LogP contribution in [0.1, 0.15) is 28.4 Å². The van der Waals surface area contributed by atoms with Crippen molar-refractivity contribution in [3.05, 3.63) is 64.1 Å². The molecule has 2 unspecified atom stereocenters. The predicted octanol–water partition coefficient (Wildman–Crippen LogP) is 2.12. The fraction of sp³-hybridized carbons (Fsp3) is 0.368. The number of rotatable bonds is 2. The van der Waals surface area contributed by atoms with Crippen molar-refractivity contribution < 1.29 is 9.53 Å². The van der Waals surface area contributed by atoms with Crippen LogP contribution in [-0.4, -0.2) is 35.6 Å². The van der Waals surface area contributed by atoms with Gasteiger partial charge in [-0.1, -0.05) is 6.07 Å². The van der Waals surface area contributed by atoms with Crippen LogP contribution in [0.25, 0.3) is 0 Å². The van der Waals surface area contributed by atoms with Gasteiger partial charge in [-0.15, -0.1) is 0 Å². The first-order chi connectivity index (χ1) is 11.7. The number of nitrogens with zero attached hydrogens (tertiary/aromatic N) is 2. The molecule has 0 saturated carbocycles. The zero-order valence-electron chi connectivity index (χ0n) is 13.6. The number of hydrogen-bond acceptors (Lipinski definition) is 3. The van der Waals surface area contributed by atoms with Gasteiger partial charge in [-0.3, -0.25) is 9.59 Å². The van der Waals surface area contributed by atoms with E-state index < -0.39 is 0 Å². The van der Waals surface area contributed by atoms with Gasteiger partial charge in [0.2, 0.25) is 0 Å². The number of likely N-dealkylation sites (tertiary alicyclic amines) is 1. The van der Waals surface area contributed by atoms with Gasteiger partial charge >= 0.3 is 0 Å². The lowest BCUT2D eigenvalue weighted by Gasteiger charge is -2.42. The van der Waals surface area contributed by atoms with Crippen molar-refractivity contribution in [3.63, 3.8) is 0 Å². The summed E-state index contributed by atoms with van der Waals surface area (Å²) in [5.41, 5.74) is 1.81. The smallest absolute Gasteiger partial charge is 0.253 e. The molecule has 2 aliphatic rings. The van der Waals surface area contributed by atoms with Crippen molar-refractivity contribution >= 4 is 5.91 Å². The molecule has 24 heavy (non-hydrogen) atoms. The maximum Gasteiger partial charge on any atom is 0.253 e. The maximum absolute atomic E-state index is 12.8. The lowest BCUT2D eigenvalue weighted by molar-refractivity contribution is 0.0594. The average Bonchev–Trinajstić information content (AvgIpc) is 2.62. The molecular weight excluding hydrogens is 304 g/mol. The summed E-state index contributed by atoms with van der Waals surface area (Å²) in [6.07, 6.45) is 1.05. The molecule has 2 aromatic rings. The Bertz CT molecular complexity index is 825. The molecule has 1 aromatic carbocycles. The number of carbonyl (C=O) groups is 1. The summed E-state index contributed by atoms with van der Waals surface area (Å²) >= 11 is 0. The quantitative estimate of drug-likeness (QED) is 0.850. The van der Waals surface area contributed by atoms with E-state index in [-0.39, 0.29) is 17.4 Å². The Kier molecular flexibility index (Phi) is 3.63. The molecule has 1 fully saturated rings. The molecular formula is C19H20N2O3. The molecule has 0 radical (unpaired) electrons. The molecule has 5 heteroatoms. The van der Waals surface area contributed by atoms with Gasteiger partial charge in [-0.2, -0.15) is 0 Å². The summed E-state index contributed by atoms with van der Waals surface area (Å²) < 4.78 is 7.03. The van der Waals surface area contributed by atoms with Crippen molar-refractivity contribution in [1.29, 1.82) is 0 Å². The van der Waals surface area contributed by atoms with Gasteiger partial charge in [0, 0.05) is 42.9 Å². The summed E-state index contributed by atoms with van der Waals surface area (Å²) in [6.45, 7) is 2.09. The van der Waals surface area contributed by atoms with Crippen LogP contribution in [0.5, 0.6) is 5.75 Å². The molecule has 0 N–H and O–H groups in total. The Balaban J connectivity index is 1.59. The normalized spacial score (nSPS) is 22.0. The summed E-state index contributed by atoms with van der Waals surface area (Å²) in [7, 11) is 1.61. The van der Waals surface area contributed by atoms with E-state index in [2.05, 4.69) is 0 Å². The molecule has 2 aliphatic heterocycles. The molecule has 1 saturated heterocycles. The zero-order valence-corrected chi connectivity index (χ0v) is 13.6. The predicted molar refractivity (Wildman–Crippen MR) is 90.4 cm³/mol. The summed E-state index contributed by atoms with van der Waals surface area (Å²) in [5.74, 6) is 1.39. The van der Waals surface area contributed by atoms with Gasteiger partial charge in [0.15, 0.2) is 0 Å². The first-order valence-corrected chi connectivity index (χ1v) is 8.29. The second-order valence-electron chi connectivity index (χ2n) is 6.64. The first-order valence-electron chi connectivity index (χ1n) is 8.29. The largest absolute Gasteiger partial charge is 0.497 e. The highest BCUT2D eigenvalue weighted by atomic mass is 16.5. The highest BCUT2D eigenvalue weighted by Crippen LogP contribution is 2.35. The van der Waals surface area contributed by atoms with E-state index in [9.17, 15) is 9.59 Å². The van der Waals surface area contributed by atoms with E-state index in [0.717, 1.165) is 17.9 Å². The van der Waals surface area contributed by atoms with E-state index in [1.807, 2.05) is 45.9 Å². The van der Waals surface area contributed by atoms with Gasteiger partial charge in [-0.05, 0) is 42.7 Å². The van der Waals surface area contributed by atoms with Crippen LogP contribution in [-0.2, 0) is 6.54 Å². The Morgan fingerprint density at radius 2 is 1.88 bits per heavy atom. The van der Waals surface area contributed by atoms with Crippen molar-refractivity contribution in [2.45, 2.75) is 18.9 Å². The molecule has 1 aromatic heterocycles. The average molecular weight is 324 g/mol. The Morgan fingerprint density at radius 3 is 2.62 bits per heavy atom. The van der Waals surface area contributed by atoms with Gasteiger partial charge in [0.1, 0.15) is 5.75 Å². The standard InChI is InChI=1S/C19H20N2O3/c1-24-16-7-5-14(6-8-16)19(23)20-10-13-9-15(12-20)17-3-2-4-18(22)21(17)11-13/h2-8,13,15H,9-12H2,1H3. The van der Waals surface area contributed by atoms with E-state index in [4.69, 9.17) is 4.74 Å². The van der Waals surface area contributed by atoms with Crippen LogP contribution in [0, 0.1) is 5.92 Å². The second-order valence-corrected chi connectivity index (χ2v) is 6.64. The molecule has 2 bridgehead atoms. The number of hydrogen-bond donors (Lipinski definition) is 0. The first kappa shape index (κ1) is 15.0. The van der Waals surface area contributed by atoms with Crippen LogP contribution in [0.3, 0.4) is 0 Å². The number of methoxy groups -OCH3 is 1. The van der Waals surface area contributed by atoms with Crippen molar-refractivity contribution in [2.75, 3.05) is 20.2 Å². The van der Waals surface area contributed by atoms with Crippen molar-refractivity contribution in [3.8, 4) is 5.75 Å². The van der Waals surface area contributed by atoms with Crippen LogP contribution in [0.4, 0.5) is 0 Å². The number of carbonyl (C=O) groups excluding carboxylic acids is 1. The molecule has 1 amide bonds. The second kappa shape index (κ2) is 5.82. The van der Waals surface area contributed by atoms with Gasteiger partial charge in [0.25, 0.3) is 11.5 Å². The van der Waals surface area contributed by atoms with Crippen LogP contribution >= 0.6 is 0 Å². The van der Waals surface area contributed by atoms with E-state index >= 15 is 0 Å². The minimum Gasteiger partial charge on any atom is -0.497 e. The Labute approximate surface area is 140 Å². The molecule has 124 valence electrons. The third kappa shape index (κ3) is 2.50. The molecule has 5 nitrogen and oxygen atoms in total. The lowest BCUT2D eigenvalue weighted by Crippen LogP contribution is -2.49. The van der Waals surface area contributed by atoms with Gasteiger partial charge in [-0.25, -0.2) is 0 Å². The molecule has 4 rings (SSSR count). The number of benzene rings is 1. The monoisotopic (exact) mass is 324 g/mol. The van der Waals surface area contributed by atoms with Crippen LogP contribution < -0.4 is 10.3 Å². The maximum atomic E-state index is 12.8. The van der Waals surface area contributed by atoms with Crippen LogP contribution in [0.15, 0.2) is 47.3 Å². The lowest BCUT2D eigenvalue weighted by atomic mass is 9.83. The number of piperidine rings is 1. The Hall–Kier alpha value is -2.56. The molecule has 3 heterocycles. The number of fused-ring (bicyclic) bond motifs is 4. The van der Waals surface area contributed by atoms with E-state index in [1.165, 1.54) is 0 Å². The van der Waals surface area contributed by atoms with Crippen molar-refractivity contribution in [1.82, 2.24) is 9.47 Å². The van der Waals surface area contributed by atoms with Crippen molar-refractivity contribution in [2.24, 2.45) is 5.92 Å². The third-order valence-electron chi connectivity index (χ3n) is 5.10. The number of ether oxygens (including phenoxy) is 1. The minimum atomic E-state index is 0.0547. The number of amides is 1. The molecule has 2 atom stereocenters. The third-order valence-corrected chi connectivity index (χ3v) is 5.10. The van der Waals surface area contributed by atoms with Gasteiger partial charge in [0.05, 0.1) is 7.11 Å². The zero-order chi connectivity index (χ0) is 16.7. The topological polar surface area (TPSA) is 51.5 Å². The molecule has 0 spiro atoms. The number of aromatic nitrogens is 1. The van der Waals surface area contributed by atoms with E-state index in [1.54, 1.807) is 13.2 Å². The summed E-state index contributed by atoms with van der Waals surface area (Å²) in [4.78, 5) is 26.8. The Morgan fingerprint density at radius 1 is 1.08 bits per heavy atom. The minimum absolute atomic E-state index is 0.0547. The van der Waals surface area contributed by atoms with Crippen LogP contribution in [0.2, 0.25) is 0 Å². The van der Waals surface area contributed by atoms with Gasteiger partial charge < -0.3 is 14.2 Å². The fourth-order valence-electron chi connectivity index (χ4n) is 3.98. The molecule has 0 aliphatic carbocycles. The summed E-state index contributed by atoms with van der Waals surface area (Å²) in [5, 5.41) is 0. The summed E-state index contributed by atoms with van der Waals surface area (Å²) in [6, 6.07) is 12.7.